The number of hydrazine groups is 1. The van der Waals surface area contributed by atoms with Crippen LogP contribution in [0.4, 0.5) is 0 Å². The van der Waals surface area contributed by atoms with E-state index in [9.17, 15) is 0 Å². The zero-order valence-corrected chi connectivity index (χ0v) is 12.6. The van der Waals surface area contributed by atoms with E-state index in [0.29, 0.717) is 0 Å². The molecule has 1 atom stereocenters. The van der Waals surface area contributed by atoms with Crippen LogP contribution in [0.5, 0.6) is 0 Å². The minimum Gasteiger partial charge on any atom is -0.272 e. The number of nitrogens with two attached hydrogens (primary N) is 1. The molecule has 0 fully saturated rings. The third-order valence-corrected chi connectivity index (χ3v) is 3.84. The Bertz CT molecular complexity index is 588. The first-order valence-corrected chi connectivity index (χ1v) is 6.89. The van der Waals surface area contributed by atoms with E-state index in [1.807, 2.05) is 31.0 Å². The number of nitrogens with one attached hydrogen (secondary N) is 1. The highest BCUT2D eigenvalue weighted by atomic mass is 15.3. The molecule has 0 amide bonds. The summed E-state index contributed by atoms with van der Waals surface area (Å²) in [5.74, 6) is 5.70. The van der Waals surface area contributed by atoms with Gasteiger partial charge in [0.05, 0.1) is 5.69 Å². The van der Waals surface area contributed by atoms with Gasteiger partial charge in [0.1, 0.15) is 0 Å². The van der Waals surface area contributed by atoms with Crippen molar-refractivity contribution in [2.24, 2.45) is 12.9 Å². The van der Waals surface area contributed by atoms with Crippen LogP contribution in [0.2, 0.25) is 0 Å². The van der Waals surface area contributed by atoms with Crippen LogP contribution in [0.1, 0.15) is 40.5 Å². The molecule has 0 aliphatic rings. The van der Waals surface area contributed by atoms with Crippen LogP contribution in [-0.2, 0) is 13.5 Å². The maximum absolute atomic E-state index is 5.70. The summed E-state index contributed by atoms with van der Waals surface area (Å²) in [7, 11) is 1.98. The second kappa shape index (κ2) is 6.15. The molecule has 0 bridgehead atoms. The molecule has 108 valence electrons. The molecule has 0 aliphatic heterocycles. The molecule has 2 heterocycles. The fraction of sp³-hybridized carbons (Fsp3) is 0.467. The molecule has 0 saturated heterocycles. The Balaban J connectivity index is 2.11. The van der Waals surface area contributed by atoms with Gasteiger partial charge in [0.15, 0.2) is 0 Å². The molecule has 5 heteroatoms. The predicted molar refractivity (Wildman–Crippen MR) is 80.0 cm³/mol. The fourth-order valence-electron chi connectivity index (χ4n) is 2.58. The van der Waals surface area contributed by atoms with Gasteiger partial charge in [-0.05, 0) is 50.3 Å². The molecule has 5 nitrogen and oxygen atoms in total. The SMILES string of the molecule is Cc1cncc(C(CCc2c(C)nn(C)c2C)NN)c1. The van der Waals surface area contributed by atoms with Gasteiger partial charge < -0.3 is 0 Å². The fourth-order valence-corrected chi connectivity index (χ4v) is 2.58. The Morgan fingerprint density at radius 2 is 2.05 bits per heavy atom. The second-order valence-corrected chi connectivity index (χ2v) is 5.33. The lowest BCUT2D eigenvalue weighted by Crippen LogP contribution is -2.28. The highest BCUT2D eigenvalue weighted by Gasteiger charge is 2.14. The first-order chi connectivity index (χ1) is 9.52. The summed E-state index contributed by atoms with van der Waals surface area (Å²) in [6, 6.07) is 2.24. The molecule has 2 aromatic rings. The molecule has 2 rings (SSSR count). The molecule has 0 saturated carbocycles. The standard InChI is InChI=1S/C15H23N5/c1-10-7-13(9-17-8-10)15(18-16)6-5-14-11(2)19-20(4)12(14)3/h7-9,15,18H,5-6,16H2,1-4H3. The molecule has 1 unspecified atom stereocenters. The monoisotopic (exact) mass is 273 g/mol. The Morgan fingerprint density at radius 1 is 1.30 bits per heavy atom. The van der Waals surface area contributed by atoms with Crippen molar-refractivity contribution in [3.63, 3.8) is 0 Å². The van der Waals surface area contributed by atoms with Crippen molar-refractivity contribution in [1.29, 1.82) is 0 Å². The van der Waals surface area contributed by atoms with Crippen molar-refractivity contribution in [3.05, 3.63) is 46.5 Å². The van der Waals surface area contributed by atoms with Crippen LogP contribution in [-0.4, -0.2) is 14.8 Å². The van der Waals surface area contributed by atoms with E-state index in [4.69, 9.17) is 5.84 Å². The van der Waals surface area contributed by atoms with Crippen LogP contribution in [0.25, 0.3) is 0 Å². The summed E-state index contributed by atoms with van der Waals surface area (Å²) in [4.78, 5) is 4.24. The molecule has 0 spiro atoms. The van der Waals surface area contributed by atoms with Gasteiger partial charge in [-0.3, -0.25) is 20.9 Å². The van der Waals surface area contributed by atoms with Gasteiger partial charge in [-0.2, -0.15) is 5.10 Å². The van der Waals surface area contributed by atoms with Gasteiger partial charge in [0.25, 0.3) is 0 Å². The van der Waals surface area contributed by atoms with Crippen LogP contribution >= 0.6 is 0 Å². The lowest BCUT2D eigenvalue weighted by atomic mass is 9.99. The molecule has 0 radical (unpaired) electrons. The molecule has 0 aliphatic carbocycles. The van der Waals surface area contributed by atoms with E-state index in [-0.39, 0.29) is 6.04 Å². The first-order valence-electron chi connectivity index (χ1n) is 6.89. The summed E-state index contributed by atoms with van der Waals surface area (Å²) < 4.78 is 1.93. The molecular weight excluding hydrogens is 250 g/mol. The lowest BCUT2D eigenvalue weighted by molar-refractivity contribution is 0.513. The van der Waals surface area contributed by atoms with Crippen molar-refractivity contribution in [3.8, 4) is 0 Å². The average Bonchev–Trinajstić information content (AvgIpc) is 2.65. The number of aryl methyl sites for hydroxylation is 3. The summed E-state index contributed by atoms with van der Waals surface area (Å²) in [5, 5.41) is 4.45. The Morgan fingerprint density at radius 3 is 2.60 bits per heavy atom. The molecular formula is C15H23N5. The Labute approximate surface area is 120 Å². The van der Waals surface area contributed by atoms with Gasteiger partial charge >= 0.3 is 0 Å². The zero-order chi connectivity index (χ0) is 14.7. The summed E-state index contributed by atoms with van der Waals surface area (Å²) in [6.07, 6.45) is 5.61. The Kier molecular flexibility index (Phi) is 4.52. The van der Waals surface area contributed by atoms with Crippen LogP contribution in [0.3, 0.4) is 0 Å². The van der Waals surface area contributed by atoms with Crippen LogP contribution in [0.15, 0.2) is 18.5 Å². The van der Waals surface area contributed by atoms with Gasteiger partial charge in [0, 0.05) is 31.2 Å². The highest BCUT2D eigenvalue weighted by molar-refractivity contribution is 5.26. The average molecular weight is 273 g/mol. The lowest BCUT2D eigenvalue weighted by Gasteiger charge is -2.16. The van der Waals surface area contributed by atoms with E-state index in [0.717, 1.165) is 29.7 Å². The number of rotatable bonds is 5. The van der Waals surface area contributed by atoms with Crippen LogP contribution in [0, 0.1) is 20.8 Å². The van der Waals surface area contributed by atoms with Crippen molar-refractivity contribution in [1.82, 2.24) is 20.2 Å². The normalized spacial score (nSPS) is 12.7. The summed E-state index contributed by atoms with van der Waals surface area (Å²) in [5.41, 5.74) is 8.81. The van der Waals surface area contributed by atoms with Gasteiger partial charge in [-0.1, -0.05) is 6.07 Å². The number of aromatic nitrogens is 3. The number of pyridine rings is 1. The summed E-state index contributed by atoms with van der Waals surface area (Å²) >= 11 is 0. The molecule has 20 heavy (non-hydrogen) atoms. The molecule has 3 N–H and O–H groups in total. The molecule has 0 aromatic carbocycles. The van der Waals surface area contributed by atoms with Crippen molar-refractivity contribution in [2.45, 2.75) is 39.7 Å². The third-order valence-electron chi connectivity index (χ3n) is 3.84. The number of hydrogen-bond acceptors (Lipinski definition) is 4. The van der Waals surface area contributed by atoms with E-state index >= 15 is 0 Å². The largest absolute Gasteiger partial charge is 0.272 e. The van der Waals surface area contributed by atoms with E-state index in [2.05, 4.69) is 35.4 Å². The van der Waals surface area contributed by atoms with E-state index in [1.165, 1.54) is 11.3 Å². The van der Waals surface area contributed by atoms with Crippen molar-refractivity contribution in [2.75, 3.05) is 0 Å². The topological polar surface area (TPSA) is 68.8 Å². The molecule has 2 aromatic heterocycles. The maximum Gasteiger partial charge on any atom is 0.0628 e. The maximum atomic E-state index is 5.70. The minimum atomic E-state index is 0.112. The first kappa shape index (κ1) is 14.7. The second-order valence-electron chi connectivity index (χ2n) is 5.33. The van der Waals surface area contributed by atoms with Gasteiger partial charge in [0.2, 0.25) is 0 Å². The number of hydrogen-bond donors (Lipinski definition) is 2. The van der Waals surface area contributed by atoms with Crippen LogP contribution < -0.4 is 11.3 Å². The smallest absolute Gasteiger partial charge is 0.0628 e. The van der Waals surface area contributed by atoms with Gasteiger partial charge in [-0.25, -0.2) is 0 Å². The zero-order valence-electron chi connectivity index (χ0n) is 12.6. The van der Waals surface area contributed by atoms with Crippen molar-refractivity contribution >= 4 is 0 Å². The number of nitrogens with zero attached hydrogens (tertiary/aromatic N) is 3. The predicted octanol–water partition coefficient (Wildman–Crippen LogP) is 1.88. The van der Waals surface area contributed by atoms with E-state index in [1.54, 1.807) is 0 Å². The van der Waals surface area contributed by atoms with Crippen molar-refractivity contribution < 1.29 is 0 Å². The van der Waals surface area contributed by atoms with E-state index < -0.39 is 0 Å². The Hall–Kier alpha value is -1.72. The highest BCUT2D eigenvalue weighted by Crippen LogP contribution is 2.21. The summed E-state index contributed by atoms with van der Waals surface area (Å²) in [6.45, 7) is 6.20. The minimum absolute atomic E-state index is 0.112. The quantitative estimate of drug-likeness (QED) is 0.644. The third kappa shape index (κ3) is 3.05. The van der Waals surface area contributed by atoms with Gasteiger partial charge in [-0.15, -0.1) is 0 Å².